The molecule has 4 nitrogen and oxygen atoms in total. The Labute approximate surface area is 130 Å². The fraction of sp³-hybridized carbons (Fsp3) is 0.500. The molecule has 1 aromatic carbocycles. The molecule has 21 heavy (non-hydrogen) atoms. The second kappa shape index (κ2) is 6.48. The van der Waals surface area contributed by atoms with Crippen molar-refractivity contribution in [2.24, 2.45) is 0 Å². The third-order valence-corrected chi connectivity index (χ3v) is 4.09. The van der Waals surface area contributed by atoms with Gasteiger partial charge in [0.25, 0.3) is 0 Å². The lowest BCUT2D eigenvalue weighted by molar-refractivity contribution is -0.130. The molecule has 0 saturated carbocycles. The van der Waals surface area contributed by atoms with E-state index < -0.39 is 0 Å². The minimum absolute atomic E-state index is 0.0151. The van der Waals surface area contributed by atoms with Gasteiger partial charge in [0.05, 0.1) is 10.7 Å². The van der Waals surface area contributed by atoms with Crippen molar-refractivity contribution in [3.63, 3.8) is 0 Å². The first-order chi connectivity index (χ1) is 9.90. The van der Waals surface area contributed by atoms with Crippen molar-refractivity contribution >= 4 is 29.1 Å². The summed E-state index contributed by atoms with van der Waals surface area (Å²) in [6.45, 7) is 6.95. The van der Waals surface area contributed by atoms with Gasteiger partial charge >= 0.3 is 0 Å². The number of hydrogen-bond donors (Lipinski definition) is 0. The summed E-state index contributed by atoms with van der Waals surface area (Å²) in [5, 5.41) is 0.511. The Morgan fingerprint density at radius 2 is 1.86 bits per heavy atom. The van der Waals surface area contributed by atoms with E-state index in [4.69, 9.17) is 11.6 Å². The van der Waals surface area contributed by atoms with Crippen molar-refractivity contribution in [2.75, 3.05) is 24.5 Å². The molecule has 2 amide bonds. The maximum atomic E-state index is 12.3. The van der Waals surface area contributed by atoms with E-state index in [-0.39, 0.29) is 18.4 Å². The van der Waals surface area contributed by atoms with Crippen LogP contribution in [-0.4, -0.2) is 36.3 Å². The lowest BCUT2D eigenvalue weighted by atomic mass is 10.1. The van der Waals surface area contributed by atoms with E-state index in [0.29, 0.717) is 10.7 Å². The highest BCUT2D eigenvalue weighted by molar-refractivity contribution is 6.34. The summed E-state index contributed by atoms with van der Waals surface area (Å²) >= 11 is 6.30. The molecule has 0 unspecified atom stereocenters. The monoisotopic (exact) mass is 308 g/mol. The predicted molar refractivity (Wildman–Crippen MR) is 84.8 cm³/mol. The van der Waals surface area contributed by atoms with E-state index >= 15 is 0 Å². The number of rotatable bonds is 3. The zero-order valence-corrected chi connectivity index (χ0v) is 13.5. The summed E-state index contributed by atoms with van der Waals surface area (Å²) in [6.07, 6.45) is 2.08. The molecule has 1 aliphatic heterocycles. The Kier molecular flexibility index (Phi) is 4.88. The highest BCUT2D eigenvalue weighted by atomic mass is 35.5. The topological polar surface area (TPSA) is 40.6 Å². The molecule has 0 aliphatic carbocycles. The van der Waals surface area contributed by atoms with E-state index in [1.54, 1.807) is 0 Å². The van der Waals surface area contributed by atoms with Crippen LogP contribution in [0.15, 0.2) is 12.1 Å². The molecule has 5 heteroatoms. The van der Waals surface area contributed by atoms with Gasteiger partial charge in [-0.3, -0.25) is 9.59 Å². The normalized spacial score (nSPS) is 14.4. The minimum Gasteiger partial charge on any atom is -0.341 e. The Morgan fingerprint density at radius 1 is 1.24 bits per heavy atom. The van der Waals surface area contributed by atoms with Crippen LogP contribution < -0.4 is 4.90 Å². The van der Waals surface area contributed by atoms with Crippen molar-refractivity contribution in [2.45, 2.75) is 33.6 Å². The van der Waals surface area contributed by atoms with E-state index in [2.05, 4.69) is 0 Å². The lowest BCUT2D eigenvalue weighted by Gasteiger charge is -2.26. The molecular formula is C16H21ClN2O2. The summed E-state index contributed by atoms with van der Waals surface area (Å²) in [5.74, 6) is -0.185. The minimum atomic E-state index is -0.170. The molecule has 114 valence electrons. The highest BCUT2D eigenvalue weighted by Crippen LogP contribution is 2.31. The van der Waals surface area contributed by atoms with Crippen LogP contribution in [0, 0.1) is 13.8 Å². The summed E-state index contributed by atoms with van der Waals surface area (Å²) < 4.78 is 0. The van der Waals surface area contributed by atoms with Crippen molar-refractivity contribution in [3.8, 4) is 0 Å². The van der Waals surface area contributed by atoms with Crippen LogP contribution in [0.2, 0.25) is 5.02 Å². The molecular weight excluding hydrogens is 288 g/mol. The van der Waals surface area contributed by atoms with Gasteiger partial charge in [0, 0.05) is 20.0 Å². The Balaban J connectivity index is 2.27. The predicted octanol–water partition coefficient (Wildman–Crippen LogP) is 2.93. The summed E-state index contributed by atoms with van der Waals surface area (Å²) in [4.78, 5) is 27.6. The van der Waals surface area contributed by atoms with Gasteiger partial charge in [-0.05, 0) is 43.9 Å². The van der Waals surface area contributed by atoms with Crippen molar-refractivity contribution < 1.29 is 9.59 Å². The highest BCUT2D eigenvalue weighted by Gasteiger charge is 2.25. The lowest BCUT2D eigenvalue weighted by Crippen LogP contribution is -2.41. The van der Waals surface area contributed by atoms with E-state index in [1.165, 1.54) is 11.8 Å². The van der Waals surface area contributed by atoms with Crippen LogP contribution in [0.1, 0.15) is 30.9 Å². The number of halogens is 1. The van der Waals surface area contributed by atoms with Crippen LogP contribution in [0.25, 0.3) is 0 Å². The molecule has 0 radical (unpaired) electrons. The number of aryl methyl sites for hydroxylation is 2. The van der Waals surface area contributed by atoms with Gasteiger partial charge in [0.1, 0.15) is 6.54 Å². The van der Waals surface area contributed by atoms with Crippen molar-refractivity contribution in [3.05, 3.63) is 28.3 Å². The molecule has 0 aromatic heterocycles. The molecule has 0 bridgehead atoms. The quantitative estimate of drug-likeness (QED) is 0.861. The average Bonchev–Trinajstić information content (AvgIpc) is 2.89. The summed E-state index contributed by atoms with van der Waals surface area (Å²) in [6, 6.07) is 3.79. The van der Waals surface area contributed by atoms with Crippen LogP contribution in [0.3, 0.4) is 0 Å². The van der Waals surface area contributed by atoms with E-state index in [9.17, 15) is 9.59 Å². The Bertz CT molecular complexity index is 542. The zero-order chi connectivity index (χ0) is 15.6. The van der Waals surface area contributed by atoms with Crippen molar-refractivity contribution in [1.29, 1.82) is 0 Å². The first-order valence-corrected chi connectivity index (χ1v) is 7.60. The van der Waals surface area contributed by atoms with Gasteiger partial charge in [-0.25, -0.2) is 0 Å². The Morgan fingerprint density at radius 3 is 2.38 bits per heavy atom. The number of anilines is 1. The summed E-state index contributed by atoms with van der Waals surface area (Å²) in [7, 11) is 0. The maximum absolute atomic E-state index is 12.3. The number of benzene rings is 1. The number of likely N-dealkylation sites (tertiary alicyclic amines) is 1. The SMILES string of the molecule is CC(=O)N(CC(=O)N1CCCC1)c1c(C)cc(C)cc1Cl. The second-order valence-corrected chi connectivity index (χ2v) is 6.01. The van der Waals surface area contributed by atoms with Crippen LogP contribution in [-0.2, 0) is 9.59 Å². The maximum Gasteiger partial charge on any atom is 0.242 e. The number of nitrogens with zero attached hydrogens (tertiary/aromatic N) is 2. The smallest absolute Gasteiger partial charge is 0.242 e. The fourth-order valence-corrected chi connectivity index (χ4v) is 3.22. The van der Waals surface area contributed by atoms with Gasteiger partial charge < -0.3 is 9.80 Å². The second-order valence-electron chi connectivity index (χ2n) is 5.61. The fourth-order valence-electron chi connectivity index (χ4n) is 2.80. The van der Waals surface area contributed by atoms with Gasteiger partial charge in [-0.1, -0.05) is 17.7 Å². The molecule has 0 spiro atoms. The van der Waals surface area contributed by atoms with E-state index in [1.807, 2.05) is 30.9 Å². The first kappa shape index (κ1) is 15.8. The molecule has 1 fully saturated rings. The number of amides is 2. The van der Waals surface area contributed by atoms with Crippen LogP contribution >= 0.6 is 11.6 Å². The number of carbonyl (C=O) groups excluding carboxylic acids is 2. The molecule has 1 heterocycles. The number of carbonyl (C=O) groups is 2. The average molecular weight is 309 g/mol. The molecule has 2 rings (SSSR count). The molecule has 1 aromatic rings. The van der Waals surface area contributed by atoms with Crippen molar-refractivity contribution in [1.82, 2.24) is 4.90 Å². The first-order valence-electron chi connectivity index (χ1n) is 7.22. The van der Waals surface area contributed by atoms with Gasteiger partial charge in [0.2, 0.25) is 11.8 Å². The molecule has 1 aliphatic rings. The van der Waals surface area contributed by atoms with Gasteiger partial charge in [-0.2, -0.15) is 0 Å². The van der Waals surface area contributed by atoms with Crippen LogP contribution in [0.5, 0.6) is 0 Å². The number of hydrogen-bond acceptors (Lipinski definition) is 2. The van der Waals surface area contributed by atoms with Crippen LogP contribution in [0.4, 0.5) is 5.69 Å². The third kappa shape index (κ3) is 3.56. The third-order valence-electron chi connectivity index (χ3n) is 3.80. The molecule has 0 N–H and O–H groups in total. The molecule has 0 atom stereocenters. The van der Waals surface area contributed by atoms with Gasteiger partial charge in [-0.15, -0.1) is 0 Å². The van der Waals surface area contributed by atoms with Gasteiger partial charge in [0.15, 0.2) is 0 Å². The zero-order valence-electron chi connectivity index (χ0n) is 12.8. The molecule has 1 saturated heterocycles. The standard InChI is InChI=1S/C16H21ClN2O2/c1-11-8-12(2)16(14(17)9-11)19(13(3)20)10-15(21)18-6-4-5-7-18/h8-9H,4-7,10H2,1-3H3. The largest absolute Gasteiger partial charge is 0.341 e. The van der Waals surface area contributed by atoms with E-state index in [0.717, 1.165) is 37.1 Å². The summed E-state index contributed by atoms with van der Waals surface area (Å²) in [5.41, 5.74) is 2.59. The Hall–Kier alpha value is -1.55.